The van der Waals surface area contributed by atoms with E-state index >= 15 is 0 Å². The molecule has 1 N–H and O–H groups in total. The number of aryl methyl sites for hydroxylation is 1. The summed E-state index contributed by atoms with van der Waals surface area (Å²) in [5.74, 6) is 0.648. The van der Waals surface area contributed by atoms with Crippen LogP contribution in [0.2, 0.25) is 0 Å². The molecule has 22 heavy (non-hydrogen) atoms. The van der Waals surface area contributed by atoms with Crippen molar-refractivity contribution in [2.45, 2.75) is 32.7 Å². The van der Waals surface area contributed by atoms with Crippen LogP contribution in [0.15, 0.2) is 0 Å². The quantitative estimate of drug-likeness (QED) is 0.879. The molecule has 2 amide bonds. The monoisotopic (exact) mass is 300 g/mol. The first-order valence-electron chi connectivity index (χ1n) is 7.65. The van der Waals surface area contributed by atoms with Crippen LogP contribution in [0.3, 0.4) is 0 Å². The molecule has 2 aliphatic heterocycles. The maximum atomic E-state index is 11.9. The Morgan fingerprint density at radius 3 is 2.82 bits per heavy atom. The van der Waals surface area contributed by atoms with Crippen molar-refractivity contribution in [3.05, 3.63) is 16.8 Å². The molecular formula is C15H20N6O. The van der Waals surface area contributed by atoms with Gasteiger partial charge in [0.2, 0.25) is 0 Å². The summed E-state index contributed by atoms with van der Waals surface area (Å²) in [6.45, 7) is 6.78. The first-order valence-corrected chi connectivity index (χ1v) is 7.65. The predicted molar refractivity (Wildman–Crippen MR) is 81.6 cm³/mol. The average Bonchev–Trinajstić information content (AvgIpc) is 2.96. The molecule has 2 aliphatic rings. The maximum Gasteiger partial charge on any atom is 0.317 e. The SMILES string of the molecule is Cc1nnc(N2CCCC(N3CCNC3=O)C2)c(C#N)c1C. The minimum absolute atomic E-state index is 0.0125. The number of rotatable bonds is 2. The maximum absolute atomic E-state index is 11.9. The third-order valence-corrected chi connectivity index (χ3v) is 4.57. The number of nitriles is 1. The van der Waals surface area contributed by atoms with E-state index in [1.807, 2.05) is 18.7 Å². The van der Waals surface area contributed by atoms with Crippen molar-refractivity contribution in [3.8, 4) is 6.07 Å². The normalized spacial score (nSPS) is 21.7. The van der Waals surface area contributed by atoms with Gasteiger partial charge in [0.05, 0.1) is 11.7 Å². The molecule has 1 unspecified atom stereocenters. The Hall–Kier alpha value is -2.36. The summed E-state index contributed by atoms with van der Waals surface area (Å²) in [7, 11) is 0. The summed E-state index contributed by atoms with van der Waals surface area (Å²) >= 11 is 0. The van der Waals surface area contributed by atoms with E-state index in [0.717, 1.165) is 37.2 Å². The molecular weight excluding hydrogens is 280 g/mol. The van der Waals surface area contributed by atoms with E-state index in [4.69, 9.17) is 0 Å². The molecule has 0 aliphatic carbocycles. The lowest BCUT2D eigenvalue weighted by molar-refractivity contribution is 0.189. The van der Waals surface area contributed by atoms with Gasteiger partial charge in [0.15, 0.2) is 5.82 Å². The van der Waals surface area contributed by atoms with E-state index in [1.165, 1.54) is 0 Å². The number of amides is 2. The fourth-order valence-electron chi connectivity index (χ4n) is 3.19. The van der Waals surface area contributed by atoms with Crippen molar-refractivity contribution in [2.75, 3.05) is 31.1 Å². The third-order valence-electron chi connectivity index (χ3n) is 4.57. The van der Waals surface area contributed by atoms with Gasteiger partial charge in [-0.1, -0.05) is 0 Å². The Morgan fingerprint density at radius 2 is 2.14 bits per heavy atom. The number of carbonyl (C=O) groups is 1. The fraction of sp³-hybridized carbons (Fsp3) is 0.600. The van der Waals surface area contributed by atoms with E-state index in [2.05, 4.69) is 26.5 Å². The molecule has 1 aromatic heterocycles. The highest BCUT2D eigenvalue weighted by Gasteiger charge is 2.32. The van der Waals surface area contributed by atoms with Crippen molar-refractivity contribution in [1.29, 1.82) is 5.26 Å². The zero-order valence-corrected chi connectivity index (χ0v) is 13.0. The first-order chi connectivity index (χ1) is 10.6. The molecule has 0 bridgehead atoms. The van der Waals surface area contributed by atoms with E-state index in [1.54, 1.807) is 0 Å². The molecule has 2 saturated heterocycles. The van der Waals surface area contributed by atoms with Crippen LogP contribution < -0.4 is 10.2 Å². The molecule has 1 atom stereocenters. The highest BCUT2D eigenvalue weighted by molar-refractivity contribution is 5.76. The second-order valence-corrected chi connectivity index (χ2v) is 5.89. The molecule has 0 aromatic carbocycles. The second-order valence-electron chi connectivity index (χ2n) is 5.89. The highest BCUT2D eigenvalue weighted by Crippen LogP contribution is 2.26. The molecule has 3 heterocycles. The van der Waals surface area contributed by atoms with Gasteiger partial charge in [0.25, 0.3) is 0 Å². The summed E-state index contributed by atoms with van der Waals surface area (Å²) in [6, 6.07) is 2.44. The van der Waals surface area contributed by atoms with Crippen molar-refractivity contribution in [3.63, 3.8) is 0 Å². The van der Waals surface area contributed by atoms with Crippen LogP contribution in [-0.2, 0) is 0 Å². The average molecular weight is 300 g/mol. The number of hydrogen-bond acceptors (Lipinski definition) is 5. The molecule has 116 valence electrons. The number of carbonyl (C=O) groups excluding carboxylic acids is 1. The fourth-order valence-corrected chi connectivity index (χ4v) is 3.19. The summed E-state index contributed by atoms with van der Waals surface area (Å²) in [5, 5.41) is 20.7. The summed E-state index contributed by atoms with van der Waals surface area (Å²) < 4.78 is 0. The summed E-state index contributed by atoms with van der Waals surface area (Å²) in [4.78, 5) is 15.8. The molecule has 7 heteroatoms. The van der Waals surface area contributed by atoms with Gasteiger partial charge >= 0.3 is 6.03 Å². The number of urea groups is 1. The Balaban J connectivity index is 1.85. The Bertz CT molecular complexity index is 638. The van der Waals surface area contributed by atoms with Crippen LogP contribution in [0, 0.1) is 25.2 Å². The van der Waals surface area contributed by atoms with E-state index in [-0.39, 0.29) is 12.1 Å². The topological polar surface area (TPSA) is 85.2 Å². The number of hydrogen-bond donors (Lipinski definition) is 1. The van der Waals surface area contributed by atoms with E-state index in [0.29, 0.717) is 24.5 Å². The number of piperidine rings is 1. The molecule has 7 nitrogen and oxygen atoms in total. The standard InChI is InChI=1S/C15H20N6O/c1-10-11(2)18-19-14(13(10)8-16)20-6-3-4-12(9-20)21-7-5-17-15(21)22/h12H,3-7,9H2,1-2H3,(H,17,22). The number of aromatic nitrogens is 2. The largest absolute Gasteiger partial charge is 0.352 e. The molecule has 0 radical (unpaired) electrons. The Labute approximate surface area is 129 Å². The van der Waals surface area contributed by atoms with Crippen LogP contribution in [0.4, 0.5) is 10.6 Å². The minimum atomic E-state index is 0.0125. The van der Waals surface area contributed by atoms with Crippen molar-refractivity contribution in [1.82, 2.24) is 20.4 Å². The molecule has 0 saturated carbocycles. The Kier molecular flexibility index (Phi) is 3.84. The highest BCUT2D eigenvalue weighted by atomic mass is 16.2. The van der Waals surface area contributed by atoms with Crippen LogP contribution >= 0.6 is 0 Å². The smallest absolute Gasteiger partial charge is 0.317 e. The lowest BCUT2D eigenvalue weighted by Gasteiger charge is -2.37. The van der Waals surface area contributed by atoms with Crippen LogP contribution in [-0.4, -0.2) is 53.3 Å². The lowest BCUT2D eigenvalue weighted by atomic mass is 10.0. The zero-order valence-electron chi connectivity index (χ0n) is 13.0. The third kappa shape index (κ3) is 2.45. The van der Waals surface area contributed by atoms with Gasteiger partial charge in [-0.3, -0.25) is 0 Å². The van der Waals surface area contributed by atoms with Gasteiger partial charge in [-0.25, -0.2) is 4.79 Å². The van der Waals surface area contributed by atoms with E-state index in [9.17, 15) is 10.1 Å². The van der Waals surface area contributed by atoms with Gasteiger partial charge < -0.3 is 15.1 Å². The summed E-state index contributed by atoms with van der Waals surface area (Å²) in [6.07, 6.45) is 1.97. The van der Waals surface area contributed by atoms with Gasteiger partial charge in [-0.2, -0.15) is 10.4 Å². The van der Waals surface area contributed by atoms with Gasteiger partial charge in [0.1, 0.15) is 11.6 Å². The van der Waals surface area contributed by atoms with Gasteiger partial charge in [0, 0.05) is 26.2 Å². The zero-order chi connectivity index (χ0) is 15.7. The lowest BCUT2D eigenvalue weighted by Crippen LogP contribution is -2.49. The molecule has 0 spiro atoms. The van der Waals surface area contributed by atoms with Crippen LogP contribution in [0.1, 0.15) is 29.7 Å². The Morgan fingerprint density at radius 1 is 1.32 bits per heavy atom. The van der Waals surface area contributed by atoms with Crippen molar-refractivity contribution >= 4 is 11.8 Å². The molecule has 2 fully saturated rings. The van der Waals surface area contributed by atoms with Gasteiger partial charge in [-0.05, 0) is 32.3 Å². The first kappa shape index (κ1) is 14.6. The molecule has 1 aromatic rings. The molecule has 3 rings (SSSR count). The second kappa shape index (κ2) is 5.79. The number of anilines is 1. The van der Waals surface area contributed by atoms with Crippen LogP contribution in [0.5, 0.6) is 0 Å². The van der Waals surface area contributed by atoms with Gasteiger partial charge in [-0.15, -0.1) is 5.10 Å². The number of nitrogens with zero attached hydrogens (tertiary/aromatic N) is 5. The van der Waals surface area contributed by atoms with Crippen molar-refractivity contribution in [2.24, 2.45) is 0 Å². The van der Waals surface area contributed by atoms with Crippen LogP contribution in [0.25, 0.3) is 0 Å². The predicted octanol–water partition coefficient (Wildman–Crippen LogP) is 0.959. The summed E-state index contributed by atoms with van der Waals surface area (Å²) in [5.41, 5.74) is 2.26. The van der Waals surface area contributed by atoms with Crippen molar-refractivity contribution < 1.29 is 4.79 Å². The minimum Gasteiger partial charge on any atom is -0.352 e. The van der Waals surface area contributed by atoms with E-state index < -0.39 is 0 Å². The number of nitrogens with one attached hydrogen (secondary N) is 1.